The number of anilines is 1. The number of nitrogens with zero attached hydrogens (tertiary/aromatic N) is 2. The topological polar surface area (TPSA) is 27.6 Å². The monoisotopic (exact) mass is 631 g/mol. The minimum Gasteiger partial charge on any atom is -0.332 e. The van der Waals surface area contributed by atoms with Gasteiger partial charge in [0, 0.05) is 33.9 Å². The van der Waals surface area contributed by atoms with Crippen LogP contribution >= 0.6 is 51.7 Å². The molecule has 202 valence electrons. The van der Waals surface area contributed by atoms with E-state index in [0.717, 1.165) is 71.8 Å². The van der Waals surface area contributed by atoms with E-state index < -0.39 is 11.7 Å². The molecule has 3 nitrogen and oxygen atoms in total. The molecule has 0 bridgehead atoms. The van der Waals surface area contributed by atoms with Crippen LogP contribution in [0.25, 0.3) is 0 Å². The molecule has 0 aromatic heterocycles. The molecule has 2 aromatic carbocycles. The highest BCUT2D eigenvalue weighted by Crippen LogP contribution is 2.37. The predicted molar refractivity (Wildman–Crippen MR) is 161 cm³/mol. The van der Waals surface area contributed by atoms with Gasteiger partial charge in [0.05, 0.1) is 5.56 Å². The first kappa shape index (κ1) is 30.3. The first-order chi connectivity index (χ1) is 17.7. The van der Waals surface area contributed by atoms with Crippen LogP contribution in [0.1, 0.15) is 50.7 Å². The minimum atomic E-state index is -4.30. The number of rotatable bonds is 11. The van der Waals surface area contributed by atoms with Crippen molar-refractivity contribution in [1.82, 2.24) is 4.90 Å². The number of unbranched alkanes of at least 4 members (excludes halogenated alkanes) is 2. The van der Waals surface area contributed by atoms with Gasteiger partial charge in [-0.25, -0.2) is 0 Å². The highest BCUT2D eigenvalue weighted by atomic mass is 79.9. The number of thiocarbonyl (C=S) groups is 1. The SMILES string of the molecule is CCSc1cc(CCCCCC(C)CN=C2SCCN2C(=S)Nc2cccc(Br)c2)ccc1C(F)(F)F. The third-order valence-electron chi connectivity index (χ3n) is 5.95. The molecule has 0 amide bonds. The van der Waals surface area contributed by atoms with E-state index >= 15 is 0 Å². The zero-order valence-corrected chi connectivity index (χ0v) is 25.1. The number of halogens is 4. The molecule has 1 unspecified atom stereocenters. The van der Waals surface area contributed by atoms with Gasteiger partial charge in [-0.05, 0) is 79.0 Å². The molecular formula is C27H33BrF3N3S3. The molecule has 1 aliphatic rings. The Morgan fingerprint density at radius 1 is 1.22 bits per heavy atom. The van der Waals surface area contributed by atoms with Crippen LogP contribution in [0.5, 0.6) is 0 Å². The summed E-state index contributed by atoms with van der Waals surface area (Å²) in [5, 5.41) is 4.94. The number of hydrogen-bond donors (Lipinski definition) is 1. The van der Waals surface area contributed by atoms with Gasteiger partial charge in [0.25, 0.3) is 0 Å². The van der Waals surface area contributed by atoms with Crippen molar-refractivity contribution < 1.29 is 13.2 Å². The molecule has 0 aliphatic carbocycles. The van der Waals surface area contributed by atoms with Gasteiger partial charge < -0.3 is 5.32 Å². The first-order valence-corrected chi connectivity index (χ1v) is 15.7. The number of amidine groups is 1. The molecule has 0 saturated carbocycles. The molecule has 1 fully saturated rings. The van der Waals surface area contributed by atoms with Crippen LogP contribution in [0.3, 0.4) is 0 Å². The number of aryl methyl sites for hydroxylation is 1. The van der Waals surface area contributed by atoms with E-state index in [0.29, 0.717) is 21.7 Å². The largest absolute Gasteiger partial charge is 0.417 e. The minimum absolute atomic E-state index is 0.338. The van der Waals surface area contributed by atoms with Gasteiger partial charge in [0.15, 0.2) is 10.3 Å². The molecule has 1 atom stereocenters. The van der Waals surface area contributed by atoms with E-state index in [1.54, 1.807) is 23.9 Å². The van der Waals surface area contributed by atoms with E-state index in [2.05, 4.69) is 33.1 Å². The van der Waals surface area contributed by atoms with Gasteiger partial charge in [-0.2, -0.15) is 13.2 Å². The number of benzene rings is 2. The Balaban J connectivity index is 1.40. The summed E-state index contributed by atoms with van der Waals surface area (Å²) in [5.74, 6) is 2.05. The molecule has 3 rings (SSSR count). The van der Waals surface area contributed by atoms with Crippen LogP contribution in [-0.2, 0) is 12.6 Å². The van der Waals surface area contributed by atoms with E-state index in [1.165, 1.54) is 17.8 Å². The van der Waals surface area contributed by atoms with Crippen molar-refractivity contribution in [2.75, 3.05) is 29.9 Å². The van der Waals surface area contributed by atoms with Crippen LogP contribution < -0.4 is 5.32 Å². The van der Waals surface area contributed by atoms with Gasteiger partial charge in [-0.1, -0.05) is 66.5 Å². The van der Waals surface area contributed by atoms with E-state index in [4.69, 9.17) is 17.2 Å². The molecule has 0 radical (unpaired) electrons. The lowest BCUT2D eigenvalue weighted by Crippen LogP contribution is -2.35. The molecule has 1 saturated heterocycles. The maximum atomic E-state index is 13.2. The van der Waals surface area contributed by atoms with Crippen LogP contribution in [0.4, 0.5) is 18.9 Å². The summed E-state index contributed by atoms with van der Waals surface area (Å²) in [6.07, 6.45) is 0.696. The number of alkyl halides is 3. The van der Waals surface area contributed by atoms with Crippen molar-refractivity contribution in [3.05, 3.63) is 58.1 Å². The first-order valence-electron chi connectivity index (χ1n) is 12.5. The van der Waals surface area contributed by atoms with Gasteiger partial charge in [0.2, 0.25) is 0 Å². The van der Waals surface area contributed by atoms with Crippen LogP contribution in [0, 0.1) is 5.92 Å². The fourth-order valence-electron chi connectivity index (χ4n) is 4.03. The number of nitrogens with one attached hydrogen (secondary N) is 1. The molecular weight excluding hydrogens is 599 g/mol. The molecule has 37 heavy (non-hydrogen) atoms. The second-order valence-corrected chi connectivity index (χ2v) is 12.7. The predicted octanol–water partition coefficient (Wildman–Crippen LogP) is 9.12. The molecule has 10 heteroatoms. The second kappa shape index (κ2) is 14.8. The van der Waals surface area contributed by atoms with Crippen molar-refractivity contribution in [2.45, 2.75) is 57.0 Å². The maximum absolute atomic E-state index is 13.2. The molecule has 0 spiro atoms. The Morgan fingerprint density at radius 2 is 2.03 bits per heavy atom. The average molecular weight is 633 g/mol. The van der Waals surface area contributed by atoms with Gasteiger partial charge in [0.1, 0.15) is 0 Å². The summed E-state index contributed by atoms with van der Waals surface area (Å²) in [6.45, 7) is 5.70. The summed E-state index contributed by atoms with van der Waals surface area (Å²) in [4.78, 5) is 7.27. The van der Waals surface area contributed by atoms with E-state index in [9.17, 15) is 13.2 Å². The zero-order chi connectivity index (χ0) is 26.8. The highest BCUT2D eigenvalue weighted by Gasteiger charge is 2.33. The molecule has 1 heterocycles. The number of aliphatic imine (C=N–C) groups is 1. The third kappa shape index (κ3) is 9.79. The lowest BCUT2D eigenvalue weighted by molar-refractivity contribution is -0.139. The smallest absolute Gasteiger partial charge is 0.332 e. The van der Waals surface area contributed by atoms with Gasteiger partial charge in [-0.3, -0.25) is 9.89 Å². The van der Waals surface area contributed by atoms with E-state index in [1.807, 2.05) is 31.2 Å². The Kier molecular flexibility index (Phi) is 12.1. The standard InChI is InChI=1S/C27H33BrF3N3S3/c1-3-36-24-16-20(12-13-23(24)27(29,30)31)9-6-4-5-8-19(2)18-32-26-34(14-15-37-26)25(35)33-22-11-7-10-21(28)17-22/h7,10-13,16-17,19H,3-6,8-9,14-15,18H2,1-2H3,(H,33,35). The normalized spacial score (nSPS) is 15.8. The average Bonchev–Trinajstić information content (AvgIpc) is 3.31. The summed E-state index contributed by atoms with van der Waals surface area (Å²) < 4.78 is 40.7. The quantitative estimate of drug-likeness (QED) is 0.152. The molecule has 1 aliphatic heterocycles. The van der Waals surface area contributed by atoms with Crippen molar-refractivity contribution in [2.24, 2.45) is 10.9 Å². The van der Waals surface area contributed by atoms with Crippen molar-refractivity contribution in [3.8, 4) is 0 Å². The zero-order valence-electron chi connectivity index (χ0n) is 21.1. The highest BCUT2D eigenvalue weighted by molar-refractivity contribution is 9.10. The second-order valence-electron chi connectivity index (χ2n) is 9.03. The Morgan fingerprint density at radius 3 is 2.76 bits per heavy atom. The van der Waals surface area contributed by atoms with E-state index in [-0.39, 0.29) is 0 Å². The van der Waals surface area contributed by atoms with Gasteiger partial charge in [-0.15, -0.1) is 11.8 Å². The third-order valence-corrected chi connectivity index (χ3v) is 8.70. The summed E-state index contributed by atoms with van der Waals surface area (Å²) in [6, 6.07) is 12.5. The summed E-state index contributed by atoms with van der Waals surface area (Å²) in [5.41, 5.74) is 1.40. The summed E-state index contributed by atoms with van der Waals surface area (Å²) in [7, 11) is 0. The number of hydrogen-bond acceptors (Lipinski definition) is 4. The Bertz CT molecular complexity index is 1080. The van der Waals surface area contributed by atoms with Crippen molar-refractivity contribution >= 4 is 67.6 Å². The molecule has 2 aromatic rings. The fraction of sp³-hybridized carbons (Fsp3) is 0.481. The van der Waals surface area contributed by atoms with Gasteiger partial charge >= 0.3 is 6.18 Å². The fourth-order valence-corrected chi connectivity index (χ4v) is 6.63. The molecule has 1 N–H and O–H groups in total. The summed E-state index contributed by atoms with van der Waals surface area (Å²) >= 11 is 12.1. The maximum Gasteiger partial charge on any atom is 0.417 e. The lowest BCUT2D eigenvalue weighted by Gasteiger charge is -2.20. The Hall–Kier alpha value is -1.23. The van der Waals surface area contributed by atoms with Crippen LogP contribution in [-0.4, -0.2) is 39.8 Å². The lowest BCUT2D eigenvalue weighted by atomic mass is 10.0. The Labute approximate surface area is 240 Å². The van der Waals surface area contributed by atoms with Crippen molar-refractivity contribution in [3.63, 3.8) is 0 Å². The van der Waals surface area contributed by atoms with Crippen molar-refractivity contribution in [1.29, 1.82) is 0 Å². The van der Waals surface area contributed by atoms with Crippen LogP contribution in [0.15, 0.2) is 56.8 Å². The number of thioether (sulfide) groups is 2. The van der Waals surface area contributed by atoms with Crippen LogP contribution in [0.2, 0.25) is 0 Å².